The first-order valence-electron chi connectivity index (χ1n) is 11.5. The minimum atomic E-state index is -1.09. The van der Waals surface area contributed by atoms with Crippen LogP contribution in [0.4, 0.5) is 0 Å². The molecule has 174 valence electrons. The molecule has 32 heavy (non-hydrogen) atoms. The third-order valence-electron chi connectivity index (χ3n) is 6.48. The van der Waals surface area contributed by atoms with Crippen molar-refractivity contribution in [2.24, 2.45) is 0 Å². The molecule has 2 saturated heterocycles. The summed E-state index contributed by atoms with van der Waals surface area (Å²) in [6.07, 6.45) is 0.302. The minimum absolute atomic E-state index is 0.167. The van der Waals surface area contributed by atoms with Crippen molar-refractivity contribution in [3.05, 3.63) is 71.8 Å². The fourth-order valence-electron chi connectivity index (χ4n) is 4.49. The number of benzene rings is 2. The Morgan fingerprint density at radius 3 is 2.25 bits per heavy atom. The van der Waals surface area contributed by atoms with Crippen molar-refractivity contribution in [1.29, 1.82) is 0 Å². The fraction of sp³-hybridized carbons (Fsp3) is 0.538. The molecule has 2 N–H and O–H groups in total. The normalized spacial score (nSPS) is 32.8. The maximum Gasteiger partial charge on any atom is 0.109 e. The van der Waals surface area contributed by atoms with Crippen LogP contribution in [-0.4, -0.2) is 59.5 Å². The van der Waals surface area contributed by atoms with Gasteiger partial charge in [0.2, 0.25) is 0 Å². The Morgan fingerprint density at radius 1 is 0.938 bits per heavy atom. The average Bonchev–Trinajstić information content (AvgIpc) is 2.94. The van der Waals surface area contributed by atoms with Crippen molar-refractivity contribution in [2.75, 3.05) is 13.2 Å². The highest BCUT2D eigenvalue weighted by Crippen LogP contribution is 2.36. The lowest BCUT2D eigenvalue weighted by atomic mass is 9.91. The van der Waals surface area contributed by atoms with E-state index in [1.807, 2.05) is 60.7 Å². The Labute approximate surface area is 190 Å². The van der Waals surface area contributed by atoms with E-state index in [-0.39, 0.29) is 31.0 Å². The second-order valence-electron chi connectivity index (χ2n) is 9.03. The Hall–Kier alpha value is -1.80. The molecule has 2 aliphatic rings. The van der Waals surface area contributed by atoms with E-state index in [1.54, 1.807) is 6.92 Å². The first-order valence-corrected chi connectivity index (χ1v) is 11.5. The maximum absolute atomic E-state index is 10.7. The molecular weight excluding hydrogens is 408 g/mol. The van der Waals surface area contributed by atoms with E-state index < -0.39 is 11.7 Å². The number of hydrogen-bond acceptors (Lipinski definition) is 6. The van der Waals surface area contributed by atoms with Gasteiger partial charge in [-0.3, -0.25) is 0 Å². The summed E-state index contributed by atoms with van der Waals surface area (Å²) in [7, 11) is 0. The topological polar surface area (TPSA) is 77.4 Å². The molecule has 2 fully saturated rings. The van der Waals surface area contributed by atoms with E-state index in [1.165, 1.54) is 0 Å². The molecule has 0 radical (unpaired) electrons. The van der Waals surface area contributed by atoms with Crippen molar-refractivity contribution >= 4 is 0 Å². The number of ether oxygens (including phenoxy) is 4. The van der Waals surface area contributed by atoms with Crippen molar-refractivity contribution in [2.45, 2.75) is 75.5 Å². The van der Waals surface area contributed by atoms with Gasteiger partial charge in [-0.1, -0.05) is 60.7 Å². The largest absolute Gasteiger partial charge is 0.394 e. The second kappa shape index (κ2) is 10.9. The third kappa shape index (κ3) is 5.95. The smallest absolute Gasteiger partial charge is 0.109 e. The summed E-state index contributed by atoms with van der Waals surface area (Å²) in [4.78, 5) is 0. The van der Waals surface area contributed by atoms with E-state index in [2.05, 4.69) is 0 Å². The van der Waals surface area contributed by atoms with Gasteiger partial charge in [0.05, 0.1) is 50.3 Å². The second-order valence-corrected chi connectivity index (χ2v) is 9.03. The van der Waals surface area contributed by atoms with Gasteiger partial charge in [0.1, 0.15) is 12.2 Å². The number of fused-ring (bicyclic) bond motifs is 1. The third-order valence-corrected chi connectivity index (χ3v) is 6.48. The highest BCUT2D eigenvalue weighted by molar-refractivity contribution is 5.14. The van der Waals surface area contributed by atoms with Gasteiger partial charge >= 0.3 is 0 Å². The zero-order chi connectivity index (χ0) is 22.4. The van der Waals surface area contributed by atoms with Gasteiger partial charge in [0.25, 0.3) is 0 Å². The van der Waals surface area contributed by atoms with E-state index >= 15 is 0 Å². The molecule has 0 aliphatic carbocycles. The summed E-state index contributed by atoms with van der Waals surface area (Å²) in [6.45, 7) is 2.89. The van der Waals surface area contributed by atoms with Gasteiger partial charge in [-0.2, -0.15) is 0 Å². The Kier molecular flexibility index (Phi) is 7.94. The van der Waals surface area contributed by atoms with Gasteiger partial charge in [-0.05, 0) is 30.9 Å². The maximum atomic E-state index is 10.7. The minimum Gasteiger partial charge on any atom is -0.394 e. The molecule has 2 heterocycles. The highest BCUT2D eigenvalue weighted by atomic mass is 16.6. The van der Waals surface area contributed by atoms with Gasteiger partial charge < -0.3 is 29.2 Å². The van der Waals surface area contributed by atoms with Gasteiger partial charge in [-0.25, -0.2) is 0 Å². The lowest BCUT2D eigenvalue weighted by Crippen LogP contribution is -2.52. The van der Waals surface area contributed by atoms with Crippen LogP contribution in [0.5, 0.6) is 0 Å². The van der Waals surface area contributed by atoms with Crippen molar-refractivity contribution in [1.82, 2.24) is 0 Å². The predicted octanol–water partition coefficient (Wildman–Crippen LogP) is 3.24. The summed E-state index contributed by atoms with van der Waals surface area (Å²) in [6, 6.07) is 20.1. The highest BCUT2D eigenvalue weighted by Gasteiger charge is 2.46. The Bertz CT molecular complexity index is 812. The van der Waals surface area contributed by atoms with Crippen LogP contribution in [0.3, 0.4) is 0 Å². The monoisotopic (exact) mass is 442 g/mol. The predicted molar refractivity (Wildman–Crippen MR) is 120 cm³/mol. The van der Waals surface area contributed by atoms with Crippen LogP contribution >= 0.6 is 0 Å². The van der Waals surface area contributed by atoms with Crippen molar-refractivity contribution in [3.8, 4) is 0 Å². The molecular formula is C26H34O6. The molecule has 4 rings (SSSR count). The molecule has 6 heteroatoms. The van der Waals surface area contributed by atoms with E-state index in [9.17, 15) is 10.2 Å². The molecule has 0 amide bonds. The Morgan fingerprint density at radius 2 is 1.59 bits per heavy atom. The van der Waals surface area contributed by atoms with Crippen LogP contribution in [0.1, 0.15) is 37.3 Å². The van der Waals surface area contributed by atoms with E-state index in [4.69, 9.17) is 18.9 Å². The molecule has 2 aromatic carbocycles. The van der Waals surface area contributed by atoms with Crippen molar-refractivity contribution < 1.29 is 29.2 Å². The van der Waals surface area contributed by atoms with Crippen LogP contribution in [0, 0.1) is 0 Å². The summed E-state index contributed by atoms with van der Waals surface area (Å²) in [5.41, 5.74) is 1.12. The van der Waals surface area contributed by atoms with E-state index in [0.29, 0.717) is 39.1 Å². The molecule has 0 unspecified atom stereocenters. The molecule has 2 aromatic rings. The lowest BCUT2D eigenvalue weighted by Gasteiger charge is -2.41. The first-order chi connectivity index (χ1) is 15.5. The zero-order valence-corrected chi connectivity index (χ0v) is 18.6. The average molecular weight is 443 g/mol. The lowest BCUT2D eigenvalue weighted by molar-refractivity contribution is -0.226. The van der Waals surface area contributed by atoms with Crippen LogP contribution in [0.25, 0.3) is 0 Å². The summed E-state index contributed by atoms with van der Waals surface area (Å²) in [5.74, 6) is 0. The molecule has 0 spiro atoms. The summed E-state index contributed by atoms with van der Waals surface area (Å²) < 4.78 is 24.9. The van der Waals surface area contributed by atoms with E-state index in [0.717, 1.165) is 11.1 Å². The molecule has 0 saturated carbocycles. The molecule has 6 nitrogen and oxygen atoms in total. The van der Waals surface area contributed by atoms with Crippen LogP contribution in [0.2, 0.25) is 0 Å². The number of aliphatic hydroxyl groups is 2. The van der Waals surface area contributed by atoms with Crippen molar-refractivity contribution in [3.63, 3.8) is 0 Å². The number of rotatable bonds is 8. The SMILES string of the molecule is C[C@@]1(O)CC[C@@H]2O[C@H](COCc3ccccc3)[C@@H](OCc3ccccc3)C[C@H]2O[C@H]1CO. The molecule has 0 aromatic heterocycles. The molecule has 2 aliphatic heterocycles. The number of aliphatic hydroxyl groups excluding tert-OH is 1. The molecule has 0 bridgehead atoms. The van der Waals surface area contributed by atoms with Crippen LogP contribution in [0.15, 0.2) is 60.7 Å². The van der Waals surface area contributed by atoms with Gasteiger partial charge in [0.15, 0.2) is 0 Å². The Balaban J connectivity index is 1.43. The number of hydrogen-bond donors (Lipinski definition) is 2. The summed E-state index contributed by atoms with van der Waals surface area (Å²) >= 11 is 0. The van der Waals surface area contributed by atoms with Crippen LogP contribution < -0.4 is 0 Å². The fourth-order valence-corrected chi connectivity index (χ4v) is 4.49. The van der Waals surface area contributed by atoms with Crippen LogP contribution in [-0.2, 0) is 32.2 Å². The summed E-state index contributed by atoms with van der Waals surface area (Å²) in [5, 5.41) is 20.5. The van der Waals surface area contributed by atoms with Gasteiger partial charge in [0, 0.05) is 6.42 Å². The standard InChI is InChI=1S/C26H34O6/c1-26(28)13-12-21-23(32-25(26)15-27)14-22(30-17-20-10-6-3-7-11-20)24(31-21)18-29-16-19-8-4-2-5-9-19/h2-11,21-25,27-28H,12-18H2,1H3/t21-,22-,23+,24+,25-,26+/m0/s1. The first kappa shape index (κ1) is 23.4. The quantitative estimate of drug-likeness (QED) is 0.654. The van der Waals surface area contributed by atoms with Gasteiger partial charge in [-0.15, -0.1) is 0 Å². The molecule has 6 atom stereocenters. The zero-order valence-electron chi connectivity index (χ0n) is 18.6.